The molecular weight excluding hydrogens is 396 g/mol. The van der Waals surface area contributed by atoms with Gasteiger partial charge in [-0.1, -0.05) is 6.07 Å². The van der Waals surface area contributed by atoms with Crippen LogP contribution in [0.2, 0.25) is 0 Å². The van der Waals surface area contributed by atoms with Gasteiger partial charge in [0.05, 0.1) is 11.4 Å². The number of piperazine rings is 1. The zero-order chi connectivity index (χ0) is 20.7. The monoisotopic (exact) mass is 422 g/mol. The zero-order valence-corrected chi connectivity index (χ0v) is 17.9. The number of aromatic nitrogens is 2. The lowest BCUT2D eigenvalue weighted by Gasteiger charge is -2.31. The highest BCUT2D eigenvalue weighted by molar-refractivity contribution is 7.21. The molecule has 0 saturated carbocycles. The number of hydrogen-bond acceptors (Lipinski definition) is 7. The van der Waals surface area contributed by atoms with Gasteiger partial charge in [-0.25, -0.2) is 9.97 Å². The second-order valence-corrected chi connectivity index (χ2v) is 9.11. The van der Waals surface area contributed by atoms with Gasteiger partial charge in [0.1, 0.15) is 15.2 Å². The fourth-order valence-corrected chi connectivity index (χ4v) is 5.37. The van der Waals surface area contributed by atoms with Crippen molar-refractivity contribution >= 4 is 39.0 Å². The van der Waals surface area contributed by atoms with Crippen molar-refractivity contribution in [2.45, 2.75) is 32.2 Å². The number of thiophene rings is 1. The number of nitrogens with zero attached hydrogens (tertiary/aromatic N) is 3. The molecule has 1 aliphatic carbocycles. The van der Waals surface area contributed by atoms with Crippen LogP contribution in [0.1, 0.15) is 32.9 Å². The maximum atomic E-state index is 12.9. The molecule has 5 rings (SSSR count). The quantitative estimate of drug-likeness (QED) is 0.599. The van der Waals surface area contributed by atoms with E-state index in [-0.39, 0.29) is 11.9 Å². The summed E-state index contributed by atoms with van der Waals surface area (Å²) in [6.07, 6.45) is 4.44. The Hall–Kier alpha value is -2.71. The SMILES string of the molecule is Cc1cnc2c(N)c(C(=O)N[C@@H]3CCc4cc(N5CCNCC5)ccc4C3)sc2n1. The first-order valence-corrected chi connectivity index (χ1v) is 11.3. The van der Waals surface area contributed by atoms with Crippen LogP contribution in [0.15, 0.2) is 24.4 Å². The summed E-state index contributed by atoms with van der Waals surface area (Å²) in [6, 6.07) is 6.90. The second kappa shape index (κ2) is 7.85. The van der Waals surface area contributed by atoms with Gasteiger partial charge in [-0.3, -0.25) is 4.79 Å². The molecule has 1 amide bonds. The number of nitrogens with one attached hydrogen (secondary N) is 2. The summed E-state index contributed by atoms with van der Waals surface area (Å²) in [5.74, 6) is -0.124. The summed E-state index contributed by atoms with van der Waals surface area (Å²) < 4.78 is 0. The standard InChI is InChI=1S/C22H26N6OS/c1-13-12-25-19-18(23)20(30-22(19)26-13)21(29)27-16-4-2-15-11-17(5-3-14(15)10-16)28-8-6-24-7-9-28/h3,5,11-12,16,24H,2,4,6-10,23H2,1H3,(H,27,29)/t16-/m1/s1. The Kier molecular flexibility index (Phi) is 5.04. The third kappa shape index (κ3) is 3.61. The molecule has 3 heterocycles. The molecule has 1 fully saturated rings. The molecule has 1 saturated heterocycles. The first-order chi connectivity index (χ1) is 14.6. The molecule has 30 heavy (non-hydrogen) atoms. The Morgan fingerprint density at radius 2 is 2.13 bits per heavy atom. The molecule has 0 radical (unpaired) electrons. The molecule has 1 aliphatic heterocycles. The van der Waals surface area contributed by atoms with Crippen LogP contribution in [0.4, 0.5) is 11.4 Å². The number of rotatable bonds is 3. The number of anilines is 2. The summed E-state index contributed by atoms with van der Waals surface area (Å²) in [5, 5.41) is 6.59. The third-order valence-corrected chi connectivity index (χ3v) is 7.09. The van der Waals surface area contributed by atoms with Gasteiger partial charge < -0.3 is 21.3 Å². The minimum atomic E-state index is -0.124. The Bertz CT molecular complexity index is 1100. The number of carbonyl (C=O) groups excluding carboxylic acids is 1. The van der Waals surface area contributed by atoms with Crippen molar-refractivity contribution in [2.24, 2.45) is 0 Å². The number of nitrogens with two attached hydrogens (primary N) is 1. The molecule has 3 aromatic rings. The normalized spacial score (nSPS) is 19.0. The van der Waals surface area contributed by atoms with Gasteiger partial charge in [-0.15, -0.1) is 11.3 Å². The number of carbonyl (C=O) groups is 1. The predicted octanol–water partition coefficient (Wildman–Crippen LogP) is 2.28. The van der Waals surface area contributed by atoms with Gasteiger partial charge in [-0.2, -0.15) is 0 Å². The average Bonchev–Trinajstić information content (AvgIpc) is 3.09. The first kappa shape index (κ1) is 19.3. The van der Waals surface area contributed by atoms with Gasteiger partial charge in [0.25, 0.3) is 5.91 Å². The van der Waals surface area contributed by atoms with Crippen LogP contribution in [-0.2, 0) is 12.8 Å². The van der Waals surface area contributed by atoms with E-state index in [0.29, 0.717) is 20.9 Å². The molecule has 4 N–H and O–H groups in total. The fourth-order valence-electron chi connectivity index (χ4n) is 4.37. The van der Waals surface area contributed by atoms with E-state index < -0.39 is 0 Å². The van der Waals surface area contributed by atoms with Gasteiger partial charge >= 0.3 is 0 Å². The van der Waals surface area contributed by atoms with Crippen molar-refractivity contribution in [3.63, 3.8) is 0 Å². The smallest absolute Gasteiger partial charge is 0.263 e. The lowest BCUT2D eigenvalue weighted by molar-refractivity contribution is 0.0938. The minimum Gasteiger partial charge on any atom is -0.396 e. The van der Waals surface area contributed by atoms with Crippen LogP contribution in [-0.4, -0.2) is 48.1 Å². The summed E-state index contributed by atoms with van der Waals surface area (Å²) in [5.41, 5.74) is 12.1. The maximum absolute atomic E-state index is 12.9. The summed E-state index contributed by atoms with van der Waals surface area (Å²) >= 11 is 1.32. The van der Waals surface area contributed by atoms with Crippen molar-refractivity contribution in [1.82, 2.24) is 20.6 Å². The number of hydrogen-bond donors (Lipinski definition) is 3. The Morgan fingerprint density at radius 3 is 2.97 bits per heavy atom. The van der Waals surface area contributed by atoms with Crippen molar-refractivity contribution < 1.29 is 4.79 Å². The first-order valence-electron chi connectivity index (χ1n) is 10.5. The van der Waals surface area contributed by atoms with Crippen LogP contribution in [0, 0.1) is 6.92 Å². The van der Waals surface area contributed by atoms with Crippen LogP contribution in [0.25, 0.3) is 10.3 Å². The number of amides is 1. The van der Waals surface area contributed by atoms with Gasteiger partial charge in [0, 0.05) is 44.1 Å². The zero-order valence-electron chi connectivity index (χ0n) is 17.1. The lowest BCUT2D eigenvalue weighted by atomic mass is 9.87. The number of aryl methyl sites for hydroxylation is 2. The van der Waals surface area contributed by atoms with E-state index in [2.05, 4.69) is 43.7 Å². The summed E-state index contributed by atoms with van der Waals surface area (Å²) in [6.45, 7) is 6.07. The van der Waals surface area contributed by atoms with Crippen molar-refractivity contribution in [2.75, 3.05) is 36.8 Å². The van der Waals surface area contributed by atoms with Crippen LogP contribution in [0.3, 0.4) is 0 Å². The Morgan fingerprint density at radius 1 is 1.30 bits per heavy atom. The van der Waals surface area contributed by atoms with E-state index in [0.717, 1.165) is 51.1 Å². The Balaban J connectivity index is 1.29. The van der Waals surface area contributed by atoms with Crippen LogP contribution >= 0.6 is 11.3 Å². The van der Waals surface area contributed by atoms with E-state index in [1.165, 1.54) is 28.2 Å². The highest BCUT2D eigenvalue weighted by atomic mass is 32.1. The van der Waals surface area contributed by atoms with Crippen molar-refractivity contribution in [3.05, 3.63) is 46.1 Å². The van der Waals surface area contributed by atoms with Gasteiger partial charge in [0.15, 0.2) is 0 Å². The number of nitrogen functional groups attached to an aromatic ring is 1. The molecule has 1 aromatic carbocycles. The lowest BCUT2D eigenvalue weighted by Crippen LogP contribution is -2.43. The molecule has 7 nitrogen and oxygen atoms in total. The molecule has 0 spiro atoms. The fraction of sp³-hybridized carbons (Fsp3) is 0.409. The van der Waals surface area contributed by atoms with Crippen LogP contribution in [0.5, 0.6) is 0 Å². The molecule has 0 unspecified atom stereocenters. The van der Waals surface area contributed by atoms with E-state index >= 15 is 0 Å². The van der Waals surface area contributed by atoms with Gasteiger partial charge in [-0.05, 0) is 49.4 Å². The van der Waals surface area contributed by atoms with E-state index in [1.54, 1.807) is 6.20 Å². The van der Waals surface area contributed by atoms with E-state index in [1.807, 2.05) is 6.92 Å². The van der Waals surface area contributed by atoms with Crippen molar-refractivity contribution in [1.29, 1.82) is 0 Å². The topological polar surface area (TPSA) is 96.2 Å². The summed E-state index contributed by atoms with van der Waals surface area (Å²) in [4.78, 5) is 25.4. The molecule has 1 atom stereocenters. The predicted molar refractivity (Wildman–Crippen MR) is 121 cm³/mol. The molecule has 2 aliphatic rings. The highest BCUT2D eigenvalue weighted by Crippen LogP contribution is 2.32. The maximum Gasteiger partial charge on any atom is 0.263 e. The third-order valence-electron chi connectivity index (χ3n) is 6.00. The number of benzene rings is 1. The van der Waals surface area contributed by atoms with E-state index in [9.17, 15) is 4.79 Å². The minimum absolute atomic E-state index is 0.113. The van der Waals surface area contributed by atoms with E-state index in [4.69, 9.17) is 5.73 Å². The Labute approximate surface area is 179 Å². The second-order valence-electron chi connectivity index (χ2n) is 8.11. The average molecular weight is 423 g/mol. The largest absolute Gasteiger partial charge is 0.396 e. The van der Waals surface area contributed by atoms with Crippen LogP contribution < -0.4 is 21.3 Å². The molecule has 156 valence electrons. The van der Waals surface area contributed by atoms with Crippen molar-refractivity contribution in [3.8, 4) is 0 Å². The molecule has 2 aromatic heterocycles. The number of fused-ring (bicyclic) bond motifs is 2. The summed E-state index contributed by atoms with van der Waals surface area (Å²) in [7, 11) is 0. The molecule has 0 bridgehead atoms. The van der Waals surface area contributed by atoms with Gasteiger partial charge in [0.2, 0.25) is 0 Å². The molecule has 8 heteroatoms. The highest BCUT2D eigenvalue weighted by Gasteiger charge is 2.25. The molecular formula is C22H26N6OS.